The van der Waals surface area contributed by atoms with Crippen molar-refractivity contribution in [2.75, 3.05) is 25.2 Å². The molecule has 0 spiro atoms. The third-order valence-electron chi connectivity index (χ3n) is 1.71. The molecule has 0 radical (unpaired) electrons. The van der Waals surface area contributed by atoms with Crippen LogP contribution in [0.1, 0.15) is 13.8 Å². The summed E-state index contributed by atoms with van der Waals surface area (Å²) in [5.74, 6) is 1.63. The highest BCUT2D eigenvalue weighted by Crippen LogP contribution is 2.00. The molecule has 0 bridgehead atoms. The van der Waals surface area contributed by atoms with Gasteiger partial charge in [0.25, 0.3) is 0 Å². The van der Waals surface area contributed by atoms with E-state index in [-0.39, 0.29) is 12.6 Å². The Morgan fingerprint density at radius 1 is 1.45 bits per heavy atom. The number of aliphatic hydroxyl groups excluding tert-OH is 1. The average molecular weight is 177 g/mol. The van der Waals surface area contributed by atoms with E-state index >= 15 is 0 Å². The van der Waals surface area contributed by atoms with Gasteiger partial charge in [0.15, 0.2) is 0 Å². The molecule has 1 atom stereocenters. The highest BCUT2D eigenvalue weighted by molar-refractivity contribution is 7.98. The van der Waals surface area contributed by atoms with Crippen LogP contribution in [-0.2, 0) is 0 Å². The lowest BCUT2D eigenvalue weighted by molar-refractivity contribution is 0.213. The Hall–Kier alpha value is 0.270. The predicted molar refractivity (Wildman–Crippen MR) is 52.1 cm³/mol. The summed E-state index contributed by atoms with van der Waals surface area (Å²) in [6.45, 7) is 5.47. The SMILES string of the molecule is CSCCNC(CO)C(C)C. The molecule has 0 aliphatic heterocycles. The van der Waals surface area contributed by atoms with Gasteiger partial charge in [0, 0.05) is 18.3 Å². The molecule has 0 aliphatic carbocycles. The maximum Gasteiger partial charge on any atom is 0.0587 e. The topological polar surface area (TPSA) is 32.3 Å². The molecule has 0 amide bonds. The fourth-order valence-electron chi connectivity index (χ4n) is 0.857. The number of aliphatic hydroxyl groups is 1. The molecule has 0 aromatic rings. The van der Waals surface area contributed by atoms with E-state index in [0.29, 0.717) is 5.92 Å². The van der Waals surface area contributed by atoms with Crippen molar-refractivity contribution < 1.29 is 5.11 Å². The van der Waals surface area contributed by atoms with Gasteiger partial charge in [-0.05, 0) is 12.2 Å². The lowest BCUT2D eigenvalue weighted by Gasteiger charge is -2.19. The molecule has 2 N–H and O–H groups in total. The van der Waals surface area contributed by atoms with E-state index in [9.17, 15) is 0 Å². The van der Waals surface area contributed by atoms with Gasteiger partial charge < -0.3 is 10.4 Å². The van der Waals surface area contributed by atoms with E-state index in [1.54, 1.807) is 0 Å². The Balaban J connectivity index is 3.36. The smallest absolute Gasteiger partial charge is 0.0587 e. The number of hydrogen-bond donors (Lipinski definition) is 2. The molecule has 0 aliphatic rings. The van der Waals surface area contributed by atoms with Gasteiger partial charge >= 0.3 is 0 Å². The average Bonchev–Trinajstić information content (AvgIpc) is 1.97. The van der Waals surface area contributed by atoms with E-state index in [4.69, 9.17) is 5.11 Å². The van der Waals surface area contributed by atoms with Crippen molar-refractivity contribution >= 4 is 11.8 Å². The minimum atomic E-state index is 0.242. The summed E-state index contributed by atoms with van der Waals surface area (Å²) in [7, 11) is 0. The van der Waals surface area contributed by atoms with E-state index in [0.717, 1.165) is 12.3 Å². The van der Waals surface area contributed by atoms with Crippen LogP contribution in [0.4, 0.5) is 0 Å². The molecule has 0 aromatic carbocycles. The summed E-state index contributed by atoms with van der Waals surface area (Å²) in [5, 5.41) is 12.2. The van der Waals surface area contributed by atoms with Gasteiger partial charge in [-0.1, -0.05) is 13.8 Å². The van der Waals surface area contributed by atoms with Crippen LogP contribution in [0.5, 0.6) is 0 Å². The van der Waals surface area contributed by atoms with E-state index < -0.39 is 0 Å². The molecule has 11 heavy (non-hydrogen) atoms. The monoisotopic (exact) mass is 177 g/mol. The first-order valence-corrected chi connectivity index (χ1v) is 5.45. The molecule has 68 valence electrons. The lowest BCUT2D eigenvalue weighted by atomic mass is 10.1. The summed E-state index contributed by atoms with van der Waals surface area (Å²) >= 11 is 1.82. The lowest BCUT2D eigenvalue weighted by Crippen LogP contribution is -2.38. The Labute approximate surface area is 73.8 Å². The molecular formula is C8H19NOS. The van der Waals surface area contributed by atoms with Crippen LogP contribution in [0, 0.1) is 5.92 Å². The Bertz CT molecular complexity index is 88.2. The fourth-order valence-corrected chi connectivity index (χ4v) is 1.18. The highest BCUT2D eigenvalue weighted by atomic mass is 32.2. The second-order valence-electron chi connectivity index (χ2n) is 2.98. The minimum absolute atomic E-state index is 0.242. The molecule has 0 saturated carbocycles. The van der Waals surface area contributed by atoms with Crippen molar-refractivity contribution in [3.05, 3.63) is 0 Å². The number of thioether (sulfide) groups is 1. The summed E-state index contributed by atoms with van der Waals surface area (Å²) < 4.78 is 0. The second kappa shape index (κ2) is 6.95. The number of hydrogen-bond acceptors (Lipinski definition) is 3. The standard InChI is InChI=1S/C8H19NOS/c1-7(2)8(6-10)9-4-5-11-3/h7-10H,4-6H2,1-3H3. The highest BCUT2D eigenvalue weighted by Gasteiger charge is 2.09. The first-order valence-electron chi connectivity index (χ1n) is 4.05. The van der Waals surface area contributed by atoms with Gasteiger partial charge in [0.05, 0.1) is 6.61 Å². The van der Waals surface area contributed by atoms with Crippen molar-refractivity contribution in [2.24, 2.45) is 5.92 Å². The van der Waals surface area contributed by atoms with Crippen molar-refractivity contribution in [2.45, 2.75) is 19.9 Å². The zero-order valence-corrected chi connectivity index (χ0v) is 8.45. The molecule has 0 aromatic heterocycles. The maximum absolute atomic E-state index is 8.93. The Morgan fingerprint density at radius 2 is 2.09 bits per heavy atom. The third-order valence-corrected chi connectivity index (χ3v) is 2.33. The second-order valence-corrected chi connectivity index (χ2v) is 3.97. The number of nitrogens with one attached hydrogen (secondary N) is 1. The summed E-state index contributed by atoms with van der Waals surface area (Å²) in [6.07, 6.45) is 2.09. The molecule has 0 heterocycles. The Kier molecular flexibility index (Phi) is 7.12. The molecule has 3 heteroatoms. The number of rotatable bonds is 6. The van der Waals surface area contributed by atoms with Crippen LogP contribution in [0.2, 0.25) is 0 Å². The molecular weight excluding hydrogens is 158 g/mol. The van der Waals surface area contributed by atoms with Crippen LogP contribution in [-0.4, -0.2) is 36.3 Å². The van der Waals surface area contributed by atoms with Crippen LogP contribution in [0.25, 0.3) is 0 Å². The summed E-state index contributed by atoms with van der Waals surface area (Å²) in [6, 6.07) is 0.266. The first-order chi connectivity index (χ1) is 5.22. The minimum Gasteiger partial charge on any atom is -0.395 e. The maximum atomic E-state index is 8.93. The van der Waals surface area contributed by atoms with Gasteiger partial charge in [-0.15, -0.1) is 0 Å². The quantitative estimate of drug-likeness (QED) is 0.593. The van der Waals surface area contributed by atoms with Crippen molar-refractivity contribution in [3.8, 4) is 0 Å². The van der Waals surface area contributed by atoms with Crippen LogP contribution < -0.4 is 5.32 Å². The largest absolute Gasteiger partial charge is 0.395 e. The molecule has 0 saturated heterocycles. The molecule has 1 unspecified atom stereocenters. The van der Waals surface area contributed by atoms with E-state index in [1.165, 1.54) is 0 Å². The molecule has 0 fully saturated rings. The van der Waals surface area contributed by atoms with Crippen molar-refractivity contribution in [1.29, 1.82) is 0 Å². The zero-order chi connectivity index (χ0) is 8.69. The van der Waals surface area contributed by atoms with Gasteiger partial charge in [0.2, 0.25) is 0 Å². The van der Waals surface area contributed by atoms with Crippen molar-refractivity contribution in [3.63, 3.8) is 0 Å². The van der Waals surface area contributed by atoms with Gasteiger partial charge in [-0.2, -0.15) is 11.8 Å². The van der Waals surface area contributed by atoms with E-state index in [2.05, 4.69) is 25.4 Å². The van der Waals surface area contributed by atoms with Gasteiger partial charge in [-0.3, -0.25) is 0 Å². The van der Waals surface area contributed by atoms with Crippen LogP contribution >= 0.6 is 11.8 Å². The predicted octanol–water partition coefficient (Wildman–Crippen LogP) is 0.956. The van der Waals surface area contributed by atoms with E-state index in [1.807, 2.05) is 11.8 Å². The fraction of sp³-hybridized carbons (Fsp3) is 1.00. The molecule has 0 rings (SSSR count). The third kappa shape index (κ3) is 5.53. The normalized spacial score (nSPS) is 13.9. The zero-order valence-electron chi connectivity index (χ0n) is 7.63. The van der Waals surface area contributed by atoms with Gasteiger partial charge in [-0.25, -0.2) is 0 Å². The summed E-state index contributed by atoms with van der Waals surface area (Å²) in [5.41, 5.74) is 0. The van der Waals surface area contributed by atoms with Crippen LogP contribution in [0.15, 0.2) is 0 Å². The van der Waals surface area contributed by atoms with Gasteiger partial charge in [0.1, 0.15) is 0 Å². The van der Waals surface area contributed by atoms with Crippen molar-refractivity contribution in [1.82, 2.24) is 5.32 Å². The molecule has 2 nitrogen and oxygen atoms in total. The first kappa shape index (κ1) is 11.3. The summed E-state index contributed by atoms with van der Waals surface area (Å²) in [4.78, 5) is 0. The van der Waals surface area contributed by atoms with Crippen LogP contribution in [0.3, 0.4) is 0 Å². The Morgan fingerprint density at radius 3 is 2.45 bits per heavy atom.